The van der Waals surface area contributed by atoms with Crippen molar-refractivity contribution in [1.29, 1.82) is 0 Å². The second-order valence-corrected chi connectivity index (χ2v) is 11.7. The van der Waals surface area contributed by atoms with Crippen LogP contribution in [0.4, 0.5) is 28.6 Å². The summed E-state index contributed by atoms with van der Waals surface area (Å²) in [6, 6.07) is -1.15. The Bertz CT molecular complexity index is 1040. The van der Waals surface area contributed by atoms with E-state index in [1.807, 2.05) is 0 Å². The van der Waals surface area contributed by atoms with Gasteiger partial charge in [0.2, 0.25) is 0 Å². The van der Waals surface area contributed by atoms with E-state index in [1.165, 1.54) is 13.1 Å². The molecule has 0 aromatic carbocycles. The zero-order chi connectivity index (χ0) is 29.1. The molecule has 2 unspecified atom stereocenters. The van der Waals surface area contributed by atoms with E-state index in [2.05, 4.69) is 15.6 Å². The maximum Gasteiger partial charge on any atom is 0.413 e. The predicted octanol–water partition coefficient (Wildman–Crippen LogP) is 6.74. The van der Waals surface area contributed by atoms with Crippen LogP contribution in [-0.2, 0) is 14.2 Å². The third-order valence-electron chi connectivity index (χ3n) is 5.27. The molecule has 9 nitrogen and oxygen atoms in total. The minimum Gasteiger partial charge on any atom is -0.456 e. The fourth-order valence-corrected chi connectivity index (χ4v) is 4.23. The Balaban J connectivity index is 2.23. The lowest BCUT2D eigenvalue weighted by Gasteiger charge is -2.24. The number of hydrogen-bond acceptors (Lipinski definition) is 7. The summed E-state index contributed by atoms with van der Waals surface area (Å²) in [5.41, 5.74) is -1.17. The topological polar surface area (TPSA) is 116 Å². The second-order valence-electron chi connectivity index (χ2n) is 11.3. The van der Waals surface area contributed by atoms with E-state index in [0.29, 0.717) is 18.4 Å². The number of pyridine rings is 1. The molecule has 1 aromatic rings. The van der Waals surface area contributed by atoms with Gasteiger partial charge in [-0.15, -0.1) is 0 Å². The van der Waals surface area contributed by atoms with Gasteiger partial charge in [0.25, 0.3) is 0 Å². The zero-order valence-corrected chi connectivity index (χ0v) is 23.3. The summed E-state index contributed by atoms with van der Waals surface area (Å²) in [5.74, 6) is -1.13. The van der Waals surface area contributed by atoms with E-state index >= 15 is 0 Å². The highest BCUT2D eigenvalue weighted by Gasteiger charge is 2.36. The van der Waals surface area contributed by atoms with E-state index in [9.17, 15) is 27.6 Å². The van der Waals surface area contributed by atoms with Crippen LogP contribution < -0.4 is 10.6 Å². The minimum atomic E-state index is -4.42. The second kappa shape index (κ2) is 12.0. The summed E-state index contributed by atoms with van der Waals surface area (Å²) in [4.78, 5) is 41.7. The average molecular weight is 566 g/mol. The Morgan fingerprint density at radius 1 is 1.05 bits per heavy atom. The van der Waals surface area contributed by atoms with Gasteiger partial charge in [0.15, 0.2) is 5.82 Å². The molecule has 1 fully saturated rings. The number of carbonyl (C=O) groups excluding carboxylic acids is 3. The number of halogens is 4. The highest BCUT2D eigenvalue weighted by molar-refractivity contribution is 6.36. The molecular weight excluding hydrogens is 531 g/mol. The van der Waals surface area contributed by atoms with Crippen LogP contribution in [0.1, 0.15) is 96.0 Å². The molecule has 1 aliphatic carbocycles. The van der Waals surface area contributed by atoms with Crippen molar-refractivity contribution in [3.05, 3.63) is 22.3 Å². The first-order chi connectivity index (χ1) is 17.2. The van der Waals surface area contributed by atoms with Crippen molar-refractivity contribution in [3.8, 4) is 0 Å². The molecule has 3 atom stereocenters. The quantitative estimate of drug-likeness (QED) is 0.290. The Morgan fingerprint density at radius 3 is 2.21 bits per heavy atom. The molecule has 0 aliphatic heterocycles. The molecule has 13 heteroatoms. The Hall–Kier alpha value is -2.76. The molecule has 0 saturated heterocycles. The largest absolute Gasteiger partial charge is 0.456 e. The average Bonchev–Trinajstić information content (AvgIpc) is 3.12. The summed E-state index contributed by atoms with van der Waals surface area (Å²) in [6.45, 7) is 11.4. The van der Waals surface area contributed by atoms with Crippen LogP contribution in [0.15, 0.2) is 6.20 Å². The molecule has 1 heterocycles. The van der Waals surface area contributed by atoms with Crippen molar-refractivity contribution in [3.63, 3.8) is 0 Å². The molecule has 2 rings (SSSR count). The Morgan fingerprint density at radius 2 is 1.66 bits per heavy atom. The molecule has 2 N–H and O–H groups in total. The van der Waals surface area contributed by atoms with Gasteiger partial charge in [0.05, 0.1) is 17.0 Å². The molecule has 38 heavy (non-hydrogen) atoms. The van der Waals surface area contributed by atoms with Crippen LogP contribution in [0, 0.1) is 0 Å². The number of carbonyl (C=O) groups is 3. The van der Waals surface area contributed by atoms with Crippen LogP contribution in [0.2, 0.25) is 5.02 Å². The summed E-state index contributed by atoms with van der Waals surface area (Å²) in [5, 5.41) is 4.49. The van der Waals surface area contributed by atoms with Crippen molar-refractivity contribution >= 4 is 35.6 Å². The van der Waals surface area contributed by atoms with Gasteiger partial charge in [-0.3, -0.25) is 5.32 Å². The first kappa shape index (κ1) is 31.5. The fourth-order valence-electron chi connectivity index (χ4n) is 3.95. The molecule has 1 aromatic heterocycles. The predicted molar refractivity (Wildman–Crippen MR) is 134 cm³/mol. The third kappa shape index (κ3) is 10.2. The minimum absolute atomic E-state index is 0.0107. The Labute approximate surface area is 225 Å². The molecule has 2 amide bonds. The van der Waals surface area contributed by atoms with Crippen molar-refractivity contribution in [2.45, 2.75) is 110 Å². The van der Waals surface area contributed by atoms with Crippen LogP contribution in [0.3, 0.4) is 0 Å². The number of aromatic nitrogens is 1. The van der Waals surface area contributed by atoms with Crippen molar-refractivity contribution < 1.29 is 41.8 Å². The van der Waals surface area contributed by atoms with E-state index in [4.69, 9.17) is 25.8 Å². The fraction of sp³-hybridized carbons (Fsp3) is 0.680. The number of nitrogens with zero attached hydrogens (tertiary/aromatic N) is 1. The van der Waals surface area contributed by atoms with Crippen LogP contribution in [0.5, 0.6) is 0 Å². The molecule has 1 saturated carbocycles. The normalized spacial score (nSPS) is 18.9. The zero-order valence-electron chi connectivity index (χ0n) is 22.5. The first-order valence-corrected chi connectivity index (χ1v) is 12.6. The third-order valence-corrected chi connectivity index (χ3v) is 5.64. The maximum absolute atomic E-state index is 13.2. The van der Waals surface area contributed by atoms with Crippen molar-refractivity contribution in [2.24, 2.45) is 0 Å². The number of hydrogen-bond donors (Lipinski definition) is 2. The smallest absolute Gasteiger partial charge is 0.413 e. The first-order valence-electron chi connectivity index (χ1n) is 12.2. The lowest BCUT2D eigenvalue weighted by Crippen LogP contribution is -2.37. The molecule has 0 spiro atoms. The molecule has 0 radical (unpaired) electrons. The summed E-state index contributed by atoms with van der Waals surface area (Å²) in [6.07, 6.45) is -5.37. The van der Waals surface area contributed by atoms with Crippen LogP contribution in [0.25, 0.3) is 0 Å². The molecular formula is C25H35ClF3N3O6. The van der Waals surface area contributed by atoms with Crippen molar-refractivity contribution in [1.82, 2.24) is 10.3 Å². The number of nitrogens with one attached hydrogen (secondary N) is 2. The molecule has 214 valence electrons. The number of rotatable bonds is 6. The molecule has 1 aliphatic rings. The summed E-state index contributed by atoms with van der Waals surface area (Å²) >= 11 is 6.54. The van der Waals surface area contributed by atoms with Crippen LogP contribution >= 0.6 is 11.6 Å². The van der Waals surface area contributed by atoms with Gasteiger partial charge in [-0.25, -0.2) is 19.4 Å². The van der Waals surface area contributed by atoms with Gasteiger partial charge in [0, 0.05) is 12.2 Å². The van der Waals surface area contributed by atoms with Gasteiger partial charge in [-0.2, -0.15) is 13.2 Å². The van der Waals surface area contributed by atoms with Gasteiger partial charge < -0.3 is 19.5 Å². The number of ether oxygens (including phenoxy) is 3. The van der Waals surface area contributed by atoms with Gasteiger partial charge in [-0.05, 0) is 79.2 Å². The monoisotopic (exact) mass is 565 g/mol. The van der Waals surface area contributed by atoms with E-state index in [1.54, 1.807) is 41.5 Å². The maximum atomic E-state index is 13.2. The van der Waals surface area contributed by atoms with Gasteiger partial charge in [0.1, 0.15) is 17.3 Å². The Kier molecular flexibility index (Phi) is 9.90. The van der Waals surface area contributed by atoms with E-state index in [0.717, 1.165) is 0 Å². The lowest BCUT2D eigenvalue weighted by molar-refractivity contribution is -0.138. The standard InChI is InChI=1S/C25H35ClF3N3O6/c1-13(11-25(27,28)29)31-21(34)36-15-9-8-14(10-15)16-12-30-19(32-22(35)38-24(5,6)7)18(26)17(16)20(33)37-23(2,3)4/h12-15H,8-11H2,1-7H3,(H,31,34)(H,30,32,35)/t13-,14?,15?/m0/s1. The number of amides is 2. The summed E-state index contributed by atoms with van der Waals surface area (Å²) < 4.78 is 53.7. The lowest BCUT2D eigenvalue weighted by atomic mass is 9.94. The SMILES string of the molecule is C[C@@H](CC(F)(F)F)NC(=O)OC1CCC(c2cnc(NC(=O)OC(C)(C)C)c(Cl)c2C(=O)OC(C)(C)C)C1. The van der Waals surface area contributed by atoms with Crippen molar-refractivity contribution in [2.75, 3.05) is 5.32 Å². The highest BCUT2D eigenvalue weighted by Crippen LogP contribution is 2.41. The van der Waals surface area contributed by atoms with Gasteiger partial charge >= 0.3 is 24.3 Å². The highest BCUT2D eigenvalue weighted by atomic mass is 35.5. The van der Waals surface area contributed by atoms with Gasteiger partial charge in [-0.1, -0.05) is 11.6 Å². The number of anilines is 1. The number of alkyl halides is 3. The van der Waals surface area contributed by atoms with E-state index in [-0.39, 0.29) is 28.7 Å². The van der Waals surface area contributed by atoms with E-state index < -0.39 is 54.1 Å². The summed E-state index contributed by atoms with van der Waals surface area (Å²) in [7, 11) is 0. The number of alkyl carbamates (subject to hydrolysis) is 1. The molecule has 0 bridgehead atoms. The number of esters is 1. The van der Waals surface area contributed by atoms with Crippen LogP contribution in [-0.4, -0.2) is 52.7 Å².